The Hall–Kier alpha value is -1.61. The number of primary amides is 1. The van der Waals surface area contributed by atoms with Crippen molar-refractivity contribution in [1.29, 1.82) is 5.41 Å². The molecule has 0 saturated carbocycles. The van der Waals surface area contributed by atoms with Crippen molar-refractivity contribution in [1.82, 2.24) is 0 Å². The lowest BCUT2D eigenvalue weighted by atomic mass is 10.1. The molecule has 4 nitrogen and oxygen atoms in total. The Balaban J connectivity index is 2.79. The second-order valence-corrected chi connectivity index (χ2v) is 3.75. The van der Waals surface area contributed by atoms with Crippen LogP contribution in [-0.2, 0) is 11.2 Å². The highest BCUT2D eigenvalue weighted by Gasteiger charge is 2.05. The number of nitrogens with one attached hydrogen (secondary N) is 1. The number of nitrogens with zero attached hydrogens (tertiary/aromatic N) is 1. The van der Waals surface area contributed by atoms with E-state index < -0.39 is 11.7 Å². The molecule has 0 aliphatic heterocycles. The number of benzene rings is 1. The quantitative estimate of drug-likeness (QED) is 0.452. The maximum absolute atomic E-state index is 13.2. The first-order chi connectivity index (χ1) is 7.50. The summed E-state index contributed by atoms with van der Waals surface area (Å²) < 4.78 is 13.2. The van der Waals surface area contributed by atoms with Crippen LogP contribution >= 0.6 is 9.24 Å². The van der Waals surface area contributed by atoms with Crippen molar-refractivity contribution in [3.05, 3.63) is 35.6 Å². The van der Waals surface area contributed by atoms with Gasteiger partial charge in [0, 0.05) is 11.9 Å². The van der Waals surface area contributed by atoms with Gasteiger partial charge in [-0.25, -0.2) is 9.38 Å². The summed E-state index contributed by atoms with van der Waals surface area (Å²) in [4.78, 5) is 14.2. The van der Waals surface area contributed by atoms with Crippen LogP contribution in [0.1, 0.15) is 5.56 Å². The van der Waals surface area contributed by atoms with Crippen LogP contribution < -0.4 is 5.73 Å². The van der Waals surface area contributed by atoms with E-state index in [2.05, 4.69) is 14.2 Å². The number of amides is 1. The number of amidine groups is 1. The molecule has 6 heteroatoms. The number of halogens is 1. The Kier molecular flexibility index (Phi) is 4.26. The number of aliphatic imine (C=N–C) groups is 1. The molecule has 0 bridgehead atoms. The first-order valence-corrected chi connectivity index (χ1v) is 5.03. The molecular formula is C10H11FN3OP. The van der Waals surface area contributed by atoms with Crippen LogP contribution in [0.15, 0.2) is 29.3 Å². The second-order valence-electron chi connectivity index (χ2n) is 3.08. The molecule has 0 heterocycles. The summed E-state index contributed by atoms with van der Waals surface area (Å²) in [5.41, 5.74) is 5.69. The van der Waals surface area contributed by atoms with Crippen LogP contribution in [-0.4, -0.2) is 17.2 Å². The van der Waals surface area contributed by atoms with Gasteiger partial charge in [0.15, 0.2) is 0 Å². The van der Waals surface area contributed by atoms with Gasteiger partial charge >= 0.3 is 0 Å². The van der Waals surface area contributed by atoms with Crippen molar-refractivity contribution in [3.8, 4) is 0 Å². The van der Waals surface area contributed by atoms with E-state index >= 15 is 0 Å². The molecule has 1 aromatic carbocycles. The molecule has 1 amide bonds. The van der Waals surface area contributed by atoms with E-state index in [9.17, 15) is 9.18 Å². The molecule has 1 unspecified atom stereocenters. The first kappa shape index (κ1) is 12.5. The predicted molar refractivity (Wildman–Crippen MR) is 64.2 cm³/mol. The van der Waals surface area contributed by atoms with Crippen LogP contribution in [0.25, 0.3) is 0 Å². The Morgan fingerprint density at radius 1 is 1.50 bits per heavy atom. The Morgan fingerprint density at radius 2 is 2.12 bits per heavy atom. The molecule has 0 aliphatic carbocycles. The number of hydrogen-bond donors (Lipinski definition) is 2. The third kappa shape index (κ3) is 3.51. The summed E-state index contributed by atoms with van der Waals surface area (Å²) in [6, 6.07) is 6.25. The molecule has 0 fully saturated rings. The largest absolute Gasteiger partial charge is 0.363 e. The number of nitrogens with two attached hydrogens (primary N) is 1. The van der Waals surface area contributed by atoms with Gasteiger partial charge in [0.1, 0.15) is 5.82 Å². The topological polar surface area (TPSA) is 79.3 Å². The smallest absolute Gasteiger partial charge is 0.285 e. The van der Waals surface area contributed by atoms with Crippen LogP contribution in [0.2, 0.25) is 0 Å². The van der Waals surface area contributed by atoms with Crippen molar-refractivity contribution < 1.29 is 9.18 Å². The van der Waals surface area contributed by atoms with E-state index in [0.717, 1.165) is 0 Å². The maximum Gasteiger partial charge on any atom is 0.285 e. The summed E-state index contributed by atoms with van der Waals surface area (Å²) in [6.45, 7) is 0. The monoisotopic (exact) mass is 239 g/mol. The van der Waals surface area contributed by atoms with Gasteiger partial charge in [0.05, 0.1) is 0 Å². The van der Waals surface area contributed by atoms with Gasteiger partial charge < -0.3 is 5.73 Å². The lowest BCUT2D eigenvalue weighted by Crippen LogP contribution is -2.21. The fourth-order valence-corrected chi connectivity index (χ4v) is 1.42. The average molecular weight is 239 g/mol. The van der Waals surface area contributed by atoms with Gasteiger partial charge in [-0.15, -0.1) is 0 Å². The molecule has 0 aliphatic rings. The molecular weight excluding hydrogens is 228 g/mol. The number of carbonyl (C=O) groups excluding carboxylic acids is 1. The Morgan fingerprint density at radius 3 is 2.69 bits per heavy atom. The Bertz CT molecular complexity index is 459. The number of carbonyl (C=O) groups is 1. The zero-order valence-electron chi connectivity index (χ0n) is 8.40. The van der Waals surface area contributed by atoms with E-state index in [1.165, 1.54) is 6.07 Å². The van der Waals surface area contributed by atoms with Crippen molar-refractivity contribution >= 4 is 26.4 Å². The van der Waals surface area contributed by atoms with E-state index in [1.807, 2.05) is 0 Å². The van der Waals surface area contributed by atoms with E-state index in [0.29, 0.717) is 11.0 Å². The number of hydrogen-bond acceptors (Lipinski definition) is 2. The fourth-order valence-electron chi connectivity index (χ4n) is 1.08. The molecule has 84 valence electrons. The molecule has 0 spiro atoms. The molecule has 3 N–H and O–H groups in total. The first-order valence-electron chi connectivity index (χ1n) is 4.45. The van der Waals surface area contributed by atoms with Crippen molar-refractivity contribution in [2.75, 3.05) is 0 Å². The summed E-state index contributed by atoms with van der Waals surface area (Å²) in [5, 5.41) is 7.12. The highest BCUT2D eigenvalue weighted by atomic mass is 31.0. The lowest BCUT2D eigenvalue weighted by molar-refractivity contribution is -0.112. The van der Waals surface area contributed by atoms with Crippen LogP contribution in [0.5, 0.6) is 0 Å². The zero-order valence-corrected chi connectivity index (χ0v) is 9.56. The normalized spacial score (nSPS) is 11.2. The minimum absolute atomic E-state index is 0.215. The molecule has 1 rings (SSSR count). The molecule has 1 atom stereocenters. The standard InChI is InChI=1S/C10H11FN3OP/c11-7-4-2-1-3-6(7)5-8(16)14-9(12)10(13)15/h1-4,12H,5,16H2,(H2,13,15). The molecule has 16 heavy (non-hydrogen) atoms. The van der Waals surface area contributed by atoms with Crippen molar-refractivity contribution in [3.63, 3.8) is 0 Å². The molecule has 0 radical (unpaired) electrons. The van der Waals surface area contributed by atoms with Gasteiger partial charge in [0.25, 0.3) is 5.91 Å². The van der Waals surface area contributed by atoms with Gasteiger partial charge in [-0.2, -0.15) is 0 Å². The van der Waals surface area contributed by atoms with E-state index in [-0.39, 0.29) is 12.2 Å². The summed E-state index contributed by atoms with van der Waals surface area (Å²) in [5.74, 6) is -1.79. The van der Waals surface area contributed by atoms with Gasteiger partial charge in [0.2, 0.25) is 5.84 Å². The minimum Gasteiger partial charge on any atom is -0.363 e. The number of rotatable bonds is 2. The van der Waals surface area contributed by atoms with E-state index in [4.69, 9.17) is 11.1 Å². The summed E-state index contributed by atoms with van der Waals surface area (Å²) in [7, 11) is 2.25. The Labute approximate surface area is 94.5 Å². The lowest BCUT2D eigenvalue weighted by Gasteiger charge is -2.02. The van der Waals surface area contributed by atoms with E-state index in [1.54, 1.807) is 18.2 Å². The maximum atomic E-state index is 13.2. The van der Waals surface area contributed by atoms with Crippen LogP contribution in [0, 0.1) is 11.2 Å². The fraction of sp³-hybridized carbons (Fsp3) is 0.100. The predicted octanol–water partition coefficient (Wildman–Crippen LogP) is 1.10. The van der Waals surface area contributed by atoms with Gasteiger partial charge in [-0.05, 0) is 11.6 Å². The molecule has 0 aromatic heterocycles. The minimum atomic E-state index is -0.909. The highest BCUT2D eigenvalue weighted by Crippen LogP contribution is 2.10. The van der Waals surface area contributed by atoms with Gasteiger partial charge in [-0.1, -0.05) is 27.4 Å². The average Bonchev–Trinajstić information content (AvgIpc) is 2.21. The van der Waals surface area contributed by atoms with Crippen LogP contribution in [0.4, 0.5) is 4.39 Å². The highest BCUT2D eigenvalue weighted by molar-refractivity contribution is 7.40. The SMILES string of the molecule is N=C(N=C(P)Cc1ccccc1F)C(N)=O. The van der Waals surface area contributed by atoms with Crippen LogP contribution in [0.3, 0.4) is 0 Å². The van der Waals surface area contributed by atoms with Gasteiger partial charge in [-0.3, -0.25) is 10.2 Å². The third-order valence-corrected chi connectivity index (χ3v) is 2.15. The van der Waals surface area contributed by atoms with Crippen molar-refractivity contribution in [2.45, 2.75) is 6.42 Å². The zero-order chi connectivity index (χ0) is 12.1. The third-order valence-electron chi connectivity index (χ3n) is 1.82. The second kappa shape index (κ2) is 5.47. The summed E-state index contributed by atoms with van der Waals surface area (Å²) in [6.07, 6.45) is 0.215. The van der Waals surface area contributed by atoms with Crippen molar-refractivity contribution in [2.24, 2.45) is 10.7 Å². The molecule has 1 aromatic rings. The summed E-state index contributed by atoms with van der Waals surface area (Å²) >= 11 is 0. The molecule has 0 saturated heterocycles.